The summed E-state index contributed by atoms with van der Waals surface area (Å²) in [6.07, 6.45) is -1.24. The van der Waals surface area contributed by atoms with E-state index >= 15 is 0 Å². The molecule has 0 bridgehead atoms. The average molecular weight is 590 g/mol. The monoisotopic (exact) mass is 589 g/mol. The van der Waals surface area contributed by atoms with E-state index in [0.717, 1.165) is 30.5 Å². The maximum Gasteiger partial charge on any atom is 0.573 e. The van der Waals surface area contributed by atoms with Crippen molar-refractivity contribution in [3.05, 3.63) is 65.2 Å². The predicted molar refractivity (Wildman–Crippen MR) is 159 cm³/mol. The highest BCUT2D eigenvalue weighted by Gasteiger charge is 2.40. The average Bonchev–Trinajstić information content (AvgIpc) is 2.88. The van der Waals surface area contributed by atoms with Crippen LogP contribution in [0.1, 0.15) is 75.6 Å². The summed E-state index contributed by atoms with van der Waals surface area (Å²) in [6.45, 7) is 7.86. The molecule has 1 fully saturated rings. The number of likely N-dealkylation sites (N-methyl/N-ethyl adjacent to an activating group) is 2. The van der Waals surface area contributed by atoms with Crippen molar-refractivity contribution in [2.24, 2.45) is 5.92 Å². The number of likely N-dealkylation sites (tertiary alicyclic amines) is 1. The van der Waals surface area contributed by atoms with Crippen molar-refractivity contribution in [2.45, 2.75) is 83.2 Å². The lowest BCUT2D eigenvalue weighted by Gasteiger charge is -2.44. The Kier molecular flexibility index (Phi) is 11.6. The minimum atomic E-state index is -4.71. The third kappa shape index (κ3) is 10.1. The number of alkyl halides is 3. The number of nitrogens with one attached hydrogen (secondary N) is 1. The lowest BCUT2D eigenvalue weighted by Crippen LogP contribution is -2.49. The van der Waals surface area contributed by atoms with Crippen molar-refractivity contribution >= 4 is 11.7 Å². The number of amides is 1. The highest BCUT2D eigenvalue weighted by molar-refractivity contribution is 5.86. The van der Waals surface area contributed by atoms with Gasteiger partial charge >= 0.3 is 6.36 Å². The smallest absolute Gasteiger partial charge is 0.406 e. The van der Waals surface area contributed by atoms with E-state index in [1.807, 2.05) is 26.0 Å². The molecule has 0 saturated carbocycles. The van der Waals surface area contributed by atoms with Crippen LogP contribution in [-0.2, 0) is 21.4 Å². The van der Waals surface area contributed by atoms with Gasteiger partial charge in [0.05, 0.1) is 6.04 Å². The summed E-state index contributed by atoms with van der Waals surface area (Å²) in [5, 5.41) is 2.94. The van der Waals surface area contributed by atoms with Crippen molar-refractivity contribution in [3.63, 3.8) is 0 Å². The molecule has 2 unspecified atom stereocenters. The van der Waals surface area contributed by atoms with Gasteiger partial charge in [-0.05, 0) is 87.0 Å². The van der Waals surface area contributed by atoms with Crippen LogP contribution in [-0.4, -0.2) is 68.1 Å². The Bertz CT molecular complexity index is 1160. The molecule has 0 radical (unpaired) electrons. The number of aryl methyl sites for hydroxylation is 1. The Labute approximate surface area is 248 Å². The molecule has 9 heteroatoms. The zero-order chi connectivity index (χ0) is 31.1. The Morgan fingerprint density at radius 2 is 1.67 bits per heavy atom. The van der Waals surface area contributed by atoms with Gasteiger partial charge in [0.1, 0.15) is 11.5 Å². The van der Waals surface area contributed by atoms with Crippen LogP contribution < -0.4 is 10.1 Å². The highest BCUT2D eigenvalue weighted by Crippen LogP contribution is 2.41. The number of rotatable bonds is 12. The SMILES string of the molecule is CN(C)CCNC(=O)CC[C@H]1C(=O)CC(CCCc2ccc(OC(F)(F)F)cc2)C(c2ccc(C(C)(C)C)cc2)N1C. The number of carbonyl (C=O) groups is 2. The summed E-state index contributed by atoms with van der Waals surface area (Å²) >= 11 is 0. The van der Waals surface area contributed by atoms with Crippen LogP contribution in [0.2, 0.25) is 0 Å². The number of piperidine rings is 1. The Morgan fingerprint density at radius 1 is 1.02 bits per heavy atom. The molecule has 1 saturated heterocycles. The van der Waals surface area contributed by atoms with Gasteiger partial charge in [-0.15, -0.1) is 13.2 Å². The van der Waals surface area contributed by atoms with E-state index in [2.05, 4.69) is 60.0 Å². The second-order valence-electron chi connectivity index (χ2n) is 12.7. The van der Waals surface area contributed by atoms with Crippen LogP contribution in [0.25, 0.3) is 0 Å². The molecule has 2 aromatic carbocycles. The number of nitrogens with zero attached hydrogens (tertiary/aromatic N) is 2. The van der Waals surface area contributed by atoms with E-state index < -0.39 is 6.36 Å². The second kappa shape index (κ2) is 14.5. The summed E-state index contributed by atoms with van der Waals surface area (Å²) in [4.78, 5) is 30.0. The summed E-state index contributed by atoms with van der Waals surface area (Å²) < 4.78 is 41.4. The Morgan fingerprint density at radius 3 is 2.24 bits per heavy atom. The van der Waals surface area contributed by atoms with Crippen molar-refractivity contribution in [1.29, 1.82) is 0 Å². The Balaban J connectivity index is 1.71. The molecule has 6 nitrogen and oxygen atoms in total. The van der Waals surface area contributed by atoms with Crippen molar-refractivity contribution in [2.75, 3.05) is 34.2 Å². The fourth-order valence-corrected chi connectivity index (χ4v) is 5.77. The van der Waals surface area contributed by atoms with Crippen molar-refractivity contribution in [1.82, 2.24) is 15.1 Å². The van der Waals surface area contributed by atoms with Gasteiger partial charge in [-0.1, -0.05) is 57.2 Å². The van der Waals surface area contributed by atoms with Crippen LogP contribution in [0.4, 0.5) is 13.2 Å². The molecule has 0 aromatic heterocycles. The fourth-order valence-electron chi connectivity index (χ4n) is 5.77. The molecule has 1 heterocycles. The number of benzene rings is 2. The van der Waals surface area contributed by atoms with E-state index in [4.69, 9.17) is 0 Å². The van der Waals surface area contributed by atoms with Gasteiger partial charge < -0.3 is 15.0 Å². The minimum Gasteiger partial charge on any atom is -0.406 e. The molecule has 3 atom stereocenters. The van der Waals surface area contributed by atoms with Gasteiger partial charge in [0.25, 0.3) is 0 Å². The first-order valence-corrected chi connectivity index (χ1v) is 14.8. The molecular weight excluding hydrogens is 543 g/mol. The largest absolute Gasteiger partial charge is 0.573 e. The third-order valence-electron chi connectivity index (χ3n) is 8.05. The molecule has 1 aliphatic rings. The molecule has 232 valence electrons. The van der Waals surface area contributed by atoms with Crippen LogP contribution >= 0.6 is 0 Å². The quantitative estimate of drug-likeness (QED) is 0.315. The van der Waals surface area contributed by atoms with Crippen LogP contribution in [0.5, 0.6) is 5.75 Å². The van der Waals surface area contributed by atoms with Gasteiger partial charge in [-0.25, -0.2) is 0 Å². The molecule has 42 heavy (non-hydrogen) atoms. The summed E-state index contributed by atoms with van der Waals surface area (Å²) in [5.74, 6) is -0.0411. The van der Waals surface area contributed by atoms with Crippen molar-refractivity contribution < 1.29 is 27.5 Å². The standard InChI is InChI=1S/C33H46F3N3O3/c1-32(2,3)26-14-12-24(13-15-26)31-25(9-7-8-23-10-16-27(17-11-23)42-33(34,35)36)22-29(40)28(39(31)6)18-19-30(41)37-20-21-38(4)5/h10-17,25,28,31H,7-9,18-22H2,1-6H3,(H,37,41)/t25?,28-,31?/m0/s1. The Hall–Kier alpha value is -2.91. The van der Waals surface area contributed by atoms with E-state index in [9.17, 15) is 22.8 Å². The first kappa shape index (κ1) is 33.6. The van der Waals surface area contributed by atoms with Crippen LogP contribution in [0, 0.1) is 5.92 Å². The van der Waals surface area contributed by atoms with Gasteiger partial charge in [0.15, 0.2) is 0 Å². The normalized spacial score (nSPS) is 20.1. The van der Waals surface area contributed by atoms with Crippen molar-refractivity contribution in [3.8, 4) is 5.75 Å². The maximum atomic E-state index is 13.4. The first-order valence-electron chi connectivity index (χ1n) is 14.8. The number of ketones is 1. The molecular formula is C33H46F3N3O3. The molecule has 1 amide bonds. The molecule has 3 rings (SSSR count). The van der Waals surface area contributed by atoms with Crippen LogP contribution in [0.3, 0.4) is 0 Å². The fraction of sp³-hybridized carbons (Fsp3) is 0.576. The summed E-state index contributed by atoms with van der Waals surface area (Å²) in [5.41, 5.74) is 3.33. The zero-order valence-corrected chi connectivity index (χ0v) is 25.8. The first-order chi connectivity index (χ1) is 19.6. The maximum absolute atomic E-state index is 13.4. The van der Waals surface area contributed by atoms with E-state index in [1.165, 1.54) is 17.7 Å². The number of hydrogen-bond acceptors (Lipinski definition) is 5. The number of halogens is 3. The molecule has 1 aliphatic heterocycles. The summed E-state index contributed by atoms with van der Waals surface area (Å²) in [7, 11) is 5.89. The zero-order valence-electron chi connectivity index (χ0n) is 25.8. The van der Waals surface area contributed by atoms with Crippen LogP contribution in [0.15, 0.2) is 48.5 Å². The van der Waals surface area contributed by atoms with E-state index in [0.29, 0.717) is 32.2 Å². The van der Waals surface area contributed by atoms with Gasteiger partial charge in [-0.2, -0.15) is 0 Å². The lowest BCUT2D eigenvalue weighted by molar-refractivity contribution is -0.274. The van der Waals surface area contributed by atoms with Gasteiger partial charge in [-0.3, -0.25) is 14.5 Å². The summed E-state index contributed by atoms with van der Waals surface area (Å²) in [6, 6.07) is 14.3. The molecule has 0 spiro atoms. The topological polar surface area (TPSA) is 61.9 Å². The van der Waals surface area contributed by atoms with Gasteiger partial charge in [0.2, 0.25) is 5.91 Å². The number of ether oxygens (including phenoxy) is 1. The van der Waals surface area contributed by atoms with E-state index in [-0.39, 0.29) is 40.9 Å². The third-order valence-corrected chi connectivity index (χ3v) is 8.05. The predicted octanol–water partition coefficient (Wildman–Crippen LogP) is 6.29. The van der Waals surface area contributed by atoms with E-state index in [1.54, 1.807) is 12.1 Å². The number of Topliss-reactive ketones (excluding diaryl/α,β-unsaturated/α-hetero) is 1. The lowest BCUT2D eigenvalue weighted by atomic mass is 9.77. The number of hydrogen-bond donors (Lipinski definition) is 1. The highest BCUT2D eigenvalue weighted by atomic mass is 19.4. The minimum absolute atomic E-state index is 0.0149. The molecule has 2 aromatic rings. The second-order valence-corrected chi connectivity index (χ2v) is 12.7. The molecule has 1 N–H and O–H groups in total. The van der Waals surface area contributed by atoms with Gasteiger partial charge in [0, 0.05) is 32.0 Å². The molecule has 0 aliphatic carbocycles. The number of carbonyl (C=O) groups excluding carboxylic acids is 2.